The molecule has 30 heavy (non-hydrogen) atoms. The van der Waals surface area contributed by atoms with Crippen molar-refractivity contribution >= 4 is 17.9 Å². The lowest BCUT2D eigenvalue weighted by Crippen LogP contribution is -2.45. The van der Waals surface area contributed by atoms with E-state index >= 15 is 0 Å². The van der Waals surface area contributed by atoms with Gasteiger partial charge in [-0.25, -0.2) is 14.4 Å². The van der Waals surface area contributed by atoms with Crippen LogP contribution in [0.5, 0.6) is 0 Å². The molecule has 0 amide bonds. The Kier molecular flexibility index (Phi) is 9.78. The van der Waals surface area contributed by atoms with Crippen LogP contribution < -0.4 is 0 Å². The van der Waals surface area contributed by atoms with E-state index in [0.717, 1.165) is 0 Å². The van der Waals surface area contributed by atoms with Gasteiger partial charge in [0.2, 0.25) is 0 Å². The molecule has 0 unspecified atom stereocenters. The standard InChI is InChI=1S/C18H24O12/c1-8(2)15(20)28-24-7-11(26-29-16(21)9(3)4)13-14(12(19)18(23)25-13)27-30-17(22)10(5)6/h11-14,18-19,23H,1,3,5,7H2,2,4,6H3/t11-,12-,13-,14-,18+/m1/s1. The van der Waals surface area contributed by atoms with E-state index in [1.807, 2.05) is 0 Å². The Hall–Kier alpha value is -2.61. The molecule has 0 saturated carbocycles. The van der Waals surface area contributed by atoms with Gasteiger partial charge in [0, 0.05) is 16.7 Å². The molecule has 1 rings (SSSR count). The van der Waals surface area contributed by atoms with Gasteiger partial charge < -0.3 is 14.9 Å². The summed E-state index contributed by atoms with van der Waals surface area (Å²) in [5.74, 6) is -2.77. The first-order valence-corrected chi connectivity index (χ1v) is 8.52. The first-order chi connectivity index (χ1) is 14.0. The van der Waals surface area contributed by atoms with Crippen LogP contribution in [0, 0.1) is 0 Å². The Morgan fingerprint density at radius 2 is 1.40 bits per heavy atom. The molecule has 0 aromatic carbocycles. The number of carbonyl (C=O) groups excluding carboxylic acids is 3. The highest BCUT2D eigenvalue weighted by atomic mass is 17.2. The fraction of sp³-hybridized carbons (Fsp3) is 0.500. The Bertz CT molecular complexity index is 699. The van der Waals surface area contributed by atoms with E-state index in [1.165, 1.54) is 20.8 Å². The molecule has 0 aromatic heterocycles. The molecule has 0 aliphatic carbocycles. The number of aliphatic hydroxyl groups is 2. The number of hydrogen-bond donors (Lipinski definition) is 2. The van der Waals surface area contributed by atoms with Gasteiger partial charge in [-0.2, -0.15) is 14.7 Å². The monoisotopic (exact) mass is 432 g/mol. The number of aliphatic hydroxyl groups excluding tert-OH is 2. The minimum Gasteiger partial charge on any atom is -0.385 e. The molecule has 0 spiro atoms. The van der Waals surface area contributed by atoms with E-state index in [2.05, 4.69) is 34.4 Å². The highest BCUT2D eigenvalue weighted by Crippen LogP contribution is 2.27. The van der Waals surface area contributed by atoms with Crippen LogP contribution in [0.2, 0.25) is 0 Å². The van der Waals surface area contributed by atoms with Gasteiger partial charge in [0.25, 0.3) is 0 Å². The van der Waals surface area contributed by atoms with Gasteiger partial charge in [0.05, 0.1) is 0 Å². The van der Waals surface area contributed by atoms with Crippen LogP contribution in [-0.4, -0.2) is 65.4 Å². The summed E-state index contributed by atoms with van der Waals surface area (Å²) in [7, 11) is 0. The summed E-state index contributed by atoms with van der Waals surface area (Å²) >= 11 is 0. The summed E-state index contributed by atoms with van der Waals surface area (Å²) in [6.45, 7) is 13.6. The van der Waals surface area contributed by atoms with Gasteiger partial charge in [-0.3, -0.25) is 14.7 Å². The fourth-order valence-electron chi connectivity index (χ4n) is 1.84. The second-order valence-corrected chi connectivity index (χ2v) is 6.42. The molecule has 12 heteroatoms. The minimum atomic E-state index is -1.77. The zero-order valence-corrected chi connectivity index (χ0v) is 16.7. The van der Waals surface area contributed by atoms with Crippen LogP contribution >= 0.6 is 0 Å². The predicted octanol–water partition coefficient (Wildman–Crippen LogP) is -0.0456. The minimum absolute atomic E-state index is 0.000948. The highest BCUT2D eigenvalue weighted by Gasteiger charge is 2.50. The third-order valence-corrected chi connectivity index (χ3v) is 3.51. The van der Waals surface area contributed by atoms with Gasteiger partial charge in [-0.05, 0) is 20.8 Å². The number of carbonyl (C=O) groups is 3. The van der Waals surface area contributed by atoms with E-state index in [0.29, 0.717) is 0 Å². The largest absolute Gasteiger partial charge is 0.385 e. The first kappa shape index (κ1) is 25.4. The Balaban J connectivity index is 2.92. The molecule has 0 radical (unpaired) electrons. The van der Waals surface area contributed by atoms with E-state index in [9.17, 15) is 24.6 Å². The summed E-state index contributed by atoms with van der Waals surface area (Å²) in [5.41, 5.74) is 0.0368. The maximum absolute atomic E-state index is 11.6. The summed E-state index contributed by atoms with van der Waals surface area (Å²) in [6.07, 6.45) is -7.79. The molecule has 0 aromatic rings. The van der Waals surface area contributed by atoms with Gasteiger partial charge >= 0.3 is 17.9 Å². The molecule has 2 N–H and O–H groups in total. The van der Waals surface area contributed by atoms with Crippen molar-refractivity contribution in [1.29, 1.82) is 0 Å². The Morgan fingerprint density at radius 1 is 0.900 bits per heavy atom. The molecule has 5 atom stereocenters. The average molecular weight is 432 g/mol. The summed E-state index contributed by atoms with van der Waals surface area (Å²) < 4.78 is 5.13. The van der Waals surface area contributed by atoms with E-state index in [4.69, 9.17) is 19.4 Å². The van der Waals surface area contributed by atoms with Crippen molar-refractivity contribution in [3.8, 4) is 0 Å². The SMILES string of the molecule is C=C(C)C(=O)OOC[C@@H](OOC(=O)C(=C)C)[C@H]1O[C@H](O)[C@H](O)[C@H]1OOC(=O)C(=C)C. The molecule has 1 fully saturated rings. The molecule has 168 valence electrons. The summed E-state index contributed by atoms with van der Waals surface area (Å²) in [6, 6.07) is 0. The topological polar surface area (TPSA) is 156 Å². The van der Waals surface area contributed by atoms with Crippen molar-refractivity contribution in [3.05, 3.63) is 36.5 Å². The van der Waals surface area contributed by atoms with Crippen LogP contribution in [0.25, 0.3) is 0 Å². The van der Waals surface area contributed by atoms with Crippen LogP contribution in [0.3, 0.4) is 0 Å². The van der Waals surface area contributed by atoms with Crippen LogP contribution in [0.15, 0.2) is 36.5 Å². The van der Waals surface area contributed by atoms with Crippen molar-refractivity contribution in [2.45, 2.75) is 51.5 Å². The van der Waals surface area contributed by atoms with E-state index in [-0.39, 0.29) is 16.7 Å². The van der Waals surface area contributed by atoms with Gasteiger partial charge in [0.1, 0.15) is 18.8 Å². The molecular formula is C18H24O12. The average Bonchev–Trinajstić information content (AvgIpc) is 2.95. The zero-order valence-electron chi connectivity index (χ0n) is 16.7. The van der Waals surface area contributed by atoms with E-state index in [1.54, 1.807) is 0 Å². The molecule has 1 aliphatic heterocycles. The zero-order chi connectivity index (χ0) is 23.0. The maximum atomic E-state index is 11.6. The van der Waals surface area contributed by atoms with Gasteiger partial charge in [-0.15, -0.1) is 0 Å². The first-order valence-electron chi connectivity index (χ1n) is 8.52. The Morgan fingerprint density at radius 3 is 1.93 bits per heavy atom. The third kappa shape index (κ3) is 7.33. The molecule has 0 bridgehead atoms. The molecule has 1 heterocycles. The van der Waals surface area contributed by atoms with Crippen LogP contribution in [0.4, 0.5) is 0 Å². The second-order valence-electron chi connectivity index (χ2n) is 6.42. The Labute approximate surface area is 172 Å². The lowest BCUT2D eigenvalue weighted by atomic mass is 10.1. The van der Waals surface area contributed by atoms with Gasteiger partial charge in [-0.1, -0.05) is 19.7 Å². The van der Waals surface area contributed by atoms with Crippen LogP contribution in [-0.2, 0) is 48.4 Å². The normalized spacial score (nSPS) is 23.9. The van der Waals surface area contributed by atoms with Crippen molar-refractivity contribution in [2.75, 3.05) is 6.61 Å². The second kappa shape index (κ2) is 11.5. The van der Waals surface area contributed by atoms with Crippen molar-refractivity contribution in [2.24, 2.45) is 0 Å². The van der Waals surface area contributed by atoms with Gasteiger partial charge in [0.15, 0.2) is 18.5 Å². The summed E-state index contributed by atoms with van der Waals surface area (Å²) in [4.78, 5) is 62.7. The van der Waals surface area contributed by atoms with Crippen LogP contribution in [0.1, 0.15) is 20.8 Å². The smallest absolute Gasteiger partial charge is 0.368 e. The number of hydrogen-bond acceptors (Lipinski definition) is 12. The van der Waals surface area contributed by atoms with Crippen molar-refractivity contribution in [1.82, 2.24) is 0 Å². The summed E-state index contributed by atoms with van der Waals surface area (Å²) in [5, 5.41) is 19.8. The predicted molar refractivity (Wildman–Crippen MR) is 95.3 cm³/mol. The fourth-order valence-corrected chi connectivity index (χ4v) is 1.84. The third-order valence-electron chi connectivity index (χ3n) is 3.51. The molecule has 1 aliphatic rings. The quantitative estimate of drug-likeness (QED) is 0.255. The molecule has 12 nitrogen and oxygen atoms in total. The van der Waals surface area contributed by atoms with E-state index < -0.39 is 55.2 Å². The lowest BCUT2D eigenvalue weighted by molar-refractivity contribution is -0.364. The molecule has 1 saturated heterocycles. The maximum Gasteiger partial charge on any atom is 0.368 e. The highest BCUT2D eigenvalue weighted by molar-refractivity contribution is 5.87. The van der Waals surface area contributed by atoms with Crippen molar-refractivity contribution in [3.63, 3.8) is 0 Å². The van der Waals surface area contributed by atoms with Crippen molar-refractivity contribution < 1.29 is 58.7 Å². The molecular weight excluding hydrogens is 408 g/mol. The number of ether oxygens (including phenoxy) is 1. The number of rotatable bonds is 11. The lowest BCUT2D eigenvalue weighted by Gasteiger charge is -2.24.